The minimum atomic E-state index is -3.90. The molecule has 29 heavy (non-hydrogen) atoms. The molecule has 1 atom stereocenters. The highest BCUT2D eigenvalue weighted by Crippen LogP contribution is 2.25. The van der Waals surface area contributed by atoms with Crippen molar-refractivity contribution in [1.29, 1.82) is 0 Å². The number of non-ortho nitro benzene ring substituents is 1. The molecule has 1 heterocycles. The molecule has 1 saturated heterocycles. The molecule has 0 bridgehead atoms. The average molecular weight is 420 g/mol. The van der Waals surface area contributed by atoms with Crippen LogP contribution in [0.4, 0.5) is 5.69 Å². The number of hydrogen-bond acceptors (Lipinski definition) is 6. The van der Waals surface area contributed by atoms with E-state index in [0.717, 1.165) is 19.2 Å². The van der Waals surface area contributed by atoms with Crippen LogP contribution in [0.5, 0.6) is 0 Å². The number of nitro groups is 1. The zero-order valence-corrected chi connectivity index (χ0v) is 17.3. The summed E-state index contributed by atoms with van der Waals surface area (Å²) in [4.78, 5) is 12.7. The van der Waals surface area contributed by atoms with E-state index in [2.05, 4.69) is 21.8 Å². The Hall–Kier alpha value is -2.33. The Morgan fingerprint density at radius 2 is 1.97 bits per heavy atom. The predicted molar refractivity (Wildman–Crippen MR) is 109 cm³/mol. The lowest BCUT2D eigenvalue weighted by Crippen LogP contribution is -2.47. The molecule has 0 spiro atoms. The van der Waals surface area contributed by atoms with Gasteiger partial charge in [-0.1, -0.05) is 30.3 Å². The highest BCUT2D eigenvalue weighted by molar-refractivity contribution is 7.89. The molecule has 0 aromatic heterocycles. The van der Waals surface area contributed by atoms with Crippen molar-refractivity contribution in [3.63, 3.8) is 0 Å². The SMILES string of the molecule is Cc1cc([N+](=O)[O-])cc(S(=O)(=O)NCC2CN(Cc3ccccc3)CCO2)c1C. The van der Waals surface area contributed by atoms with E-state index in [1.807, 2.05) is 18.2 Å². The third kappa shape index (κ3) is 5.39. The summed E-state index contributed by atoms with van der Waals surface area (Å²) in [6.07, 6.45) is -0.290. The minimum Gasteiger partial charge on any atom is -0.374 e. The number of sulfonamides is 1. The van der Waals surface area contributed by atoms with Gasteiger partial charge in [-0.3, -0.25) is 15.0 Å². The molecular formula is C20H25N3O5S. The van der Waals surface area contributed by atoms with Crippen LogP contribution in [0.3, 0.4) is 0 Å². The maximum absolute atomic E-state index is 12.8. The van der Waals surface area contributed by atoms with Gasteiger partial charge < -0.3 is 4.74 Å². The number of morpholine rings is 1. The predicted octanol–water partition coefficient (Wildman–Crippen LogP) is 2.39. The van der Waals surface area contributed by atoms with Crippen LogP contribution >= 0.6 is 0 Å². The molecule has 2 aromatic carbocycles. The first-order valence-corrected chi connectivity index (χ1v) is 10.9. The lowest BCUT2D eigenvalue weighted by atomic mass is 10.1. The number of nitrogens with zero attached hydrogens (tertiary/aromatic N) is 2. The van der Waals surface area contributed by atoms with Crippen molar-refractivity contribution in [3.8, 4) is 0 Å². The Balaban J connectivity index is 1.66. The third-order valence-electron chi connectivity index (χ3n) is 5.08. The second kappa shape index (κ2) is 9.00. The molecule has 0 saturated carbocycles. The zero-order valence-electron chi connectivity index (χ0n) is 16.5. The first-order chi connectivity index (χ1) is 13.8. The Morgan fingerprint density at radius 1 is 1.24 bits per heavy atom. The van der Waals surface area contributed by atoms with E-state index in [4.69, 9.17) is 4.74 Å². The molecule has 0 amide bonds. The van der Waals surface area contributed by atoms with Crippen LogP contribution in [0.2, 0.25) is 0 Å². The number of hydrogen-bond donors (Lipinski definition) is 1. The first kappa shape index (κ1) is 21.4. The summed E-state index contributed by atoms with van der Waals surface area (Å²) in [6.45, 7) is 6.09. The number of nitrogens with one attached hydrogen (secondary N) is 1. The summed E-state index contributed by atoms with van der Waals surface area (Å²) >= 11 is 0. The van der Waals surface area contributed by atoms with Crippen LogP contribution in [0.25, 0.3) is 0 Å². The van der Waals surface area contributed by atoms with Crippen molar-refractivity contribution in [1.82, 2.24) is 9.62 Å². The van der Waals surface area contributed by atoms with E-state index in [-0.39, 0.29) is 23.2 Å². The van der Waals surface area contributed by atoms with Gasteiger partial charge in [-0.2, -0.15) is 0 Å². The molecule has 1 aliphatic heterocycles. The van der Waals surface area contributed by atoms with E-state index >= 15 is 0 Å². The molecule has 9 heteroatoms. The summed E-state index contributed by atoms with van der Waals surface area (Å²) in [5.41, 5.74) is 2.01. The van der Waals surface area contributed by atoms with E-state index < -0.39 is 14.9 Å². The quantitative estimate of drug-likeness (QED) is 0.546. The molecular weight excluding hydrogens is 394 g/mol. The van der Waals surface area contributed by atoms with Gasteiger partial charge in [0.1, 0.15) is 0 Å². The summed E-state index contributed by atoms with van der Waals surface area (Å²) in [7, 11) is -3.90. The van der Waals surface area contributed by atoms with Gasteiger partial charge in [0.25, 0.3) is 5.69 Å². The molecule has 3 rings (SSSR count). The van der Waals surface area contributed by atoms with Crippen LogP contribution in [0.1, 0.15) is 16.7 Å². The van der Waals surface area contributed by atoms with E-state index in [1.165, 1.54) is 11.6 Å². The van der Waals surface area contributed by atoms with Crippen molar-refractivity contribution >= 4 is 15.7 Å². The van der Waals surface area contributed by atoms with Gasteiger partial charge in [0.15, 0.2) is 0 Å². The topological polar surface area (TPSA) is 102 Å². The van der Waals surface area contributed by atoms with E-state index in [9.17, 15) is 18.5 Å². The van der Waals surface area contributed by atoms with Crippen LogP contribution in [0, 0.1) is 24.0 Å². The first-order valence-electron chi connectivity index (χ1n) is 9.39. The van der Waals surface area contributed by atoms with Gasteiger partial charge in [0.2, 0.25) is 10.0 Å². The highest BCUT2D eigenvalue weighted by atomic mass is 32.2. The van der Waals surface area contributed by atoms with Gasteiger partial charge in [0, 0.05) is 38.3 Å². The summed E-state index contributed by atoms with van der Waals surface area (Å²) in [5.74, 6) is 0. The fourth-order valence-corrected chi connectivity index (χ4v) is 4.76. The fourth-order valence-electron chi connectivity index (χ4n) is 3.36. The fraction of sp³-hybridized carbons (Fsp3) is 0.400. The van der Waals surface area contributed by atoms with Crippen molar-refractivity contribution in [3.05, 3.63) is 69.3 Å². The van der Waals surface area contributed by atoms with Crippen molar-refractivity contribution in [2.75, 3.05) is 26.2 Å². The molecule has 1 N–H and O–H groups in total. The number of rotatable bonds is 7. The van der Waals surface area contributed by atoms with Crippen LogP contribution in [-0.4, -0.2) is 50.6 Å². The van der Waals surface area contributed by atoms with Gasteiger partial charge in [0.05, 0.1) is 22.5 Å². The van der Waals surface area contributed by atoms with Crippen molar-refractivity contribution in [2.45, 2.75) is 31.4 Å². The average Bonchev–Trinajstić information content (AvgIpc) is 2.69. The highest BCUT2D eigenvalue weighted by Gasteiger charge is 2.26. The van der Waals surface area contributed by atoms with Gasteiger partial charge in [-0.25, -0.2) is 13.1 Å². The largest absolute Gasteiger partial charge is 0.374 e. The zero-order chi connectivity index (χ0) is 21.0. The molecule has 156 valence electrons. The van der Waals surface area contributed by atoms with Gasteiger partial charge in [-0.15, -0.1) is 0 Å². The Labute approximate surface area is 170 Å². The second-order valence-corrected chi connectivity index (χ2v) is 8.94. The lowest BCUT2D eigenvalue weighted by Gasteiger charge is -2.33. The Bertz CT molecular complexity index is 979. The Morgan fingerprint density at radius 3 is 2.66 bits per heavy atom. The molecule has 0 aliphatic carbocycles. The second-order valence-electron chi connectivity index (χ2n) is 7.21. The van der Waals surface area contributed by atoms with Gasteiger partial charge in [-0.05, 0) is 30.5 Å². The minimum absolute atomic E-state index is 0.0684. The molecule has 1 unspecified atom stereocenters. The van der Waals surface area contributed by atoms with E-state index in [1.54, 1.807) is 13.8 Å². The maximum atomic E-state index is 12.8. The molecule has 2 aromatic rings. The number of nitro benzene ring substituents is 1. The molecule has 1 fully saturated rings. The normalized spacial score (nSPS) is 17.9. The smallest absolute Gasteiger partial charge is 0.271 e. The molecule has 1 aliphatic rings. The Kier molecular flexibility index (Phi) is 6.63. The maximum Gasteiger partial charge on any atom is 0.271 e. The summed E-state index contributed by atoms with van der Waals surface area (Å²) in [6, 6.07) is 12.5. The molecule has 0 radical (unpaired) electrons. The number of ether oxygens (including phenoxy) is 1. The standard InChI is InChI=1S/C20H25N3O5S/c1-15-10-18(23(24)25)11-20(16(15)2)29(26,27)21-12-19-14-22(8-9-28-19)13-17-6-4-3-5-7-17/h3-7,10-11,19,21H,8-9,12-14H2,1-2H3. The molecule has 8 nitrogen and oxygen atoms in total. The van der Waals surface area contributed by atoms with Crippen molar-refractivity contribution in [2.24, 2.45) is 0 Å². The number of benzene rings is 2. The van der Waals surface area contributed by atoms with Crippen LogP contribution in [0.15, 0.2) is 47.4 Å². The monoisotopic (exact) mass is 419 g/mol. The lowest BCUT2D eigenvalue weighted by molar-refractivity contribution is -0.385. The van der Waals surface area contributed by atoms with Crippen LogP contribution in [-0.2, 0) is 21.3 Å². The van der Waals surface area contributed by atoms with Crippen LogP contribution < -0.4 is 4.72 Å². The van der Waals surface area contributed by atoms with E-state index in [0.29, 0.717) is 24.3 Å². The third-order valence-corrected chi connectivity index (χ3v) is 6.63. The van der Waals surface area contributed by atoms with Crippen molar-refractivity contribution < 1.29 is 18.1 Å². The summed E-state index contributed by atoms with van der Waals surface area (Å²) in [5, 5.41) is 11.1. The number of aryl methyl sites for hydroxylation is 1. The van der Waals surface area contributed by atoms with Gasteiger partial charge >= 0.3 is 0 Å². The summed E-state index contributed by atoms with van der Waals surface area (Å²) < 4.78 is 33.9.